The zero-order valence-corrected chi connectivity index (χ0v) is 13.9. The standard InChI is InChI=1S/C14H17N5S2/c1-9-11(21-8-16-9)6-19(3)7-12-17-13(15-2)10-4-5-20-14(10)18-12/h4-5,8H,6-7H2,1-3H3,(H,15,17,18). The number of thiazole rings is 1. The topological polar surface area (TPSA) is 53.9 Å². The van der Waals surface area contributed by atoms with Gasteiger partial charge in [-0.1, -0.05) is 0 Å². The molecule has 0 radical (unpaired) electrons. The van der Waals surface area contributed by atoms with Gasteiger partial charge in [-0.25, -0.2) is 15.0 Å². The average Bonchev–Trinajstić information content (AvgIpc) is 3.07. The Morgan fingerprint density at radius 2 is 2.10 bits per heavy atom. The van der Waals surface area contributed by atoms with Crippen LogP contribution in [-0.2, 0) is 13.1 Å². The Morgan fingerprint density at radius 3 is 2.81 bits per heavy atom. The Kier molecular flexibility index (Phi) is 4.14. The number of aryl methyl sites for hydroxylation is 1. The van der Waals surface area contributed by atoms with Gasteiger partial charge in [-0.3, -0.25) is 4.90 Å². The minimum Gasteiger partial charge on any atom is -0.372 e. The summed E-state index contributed by atoms with van der Waals surface area (Å²) in [4.78, 5) is 18.1. The molecule has 0 aliphatic heterocycles. The predicted octanol–water partition coefficient (Wildman–Crippen LogP) is 3.13. The molecule has 1 N–H and O–H groups in total. The zero-order valence-electron chi connectivity index (χ0n) is 12.3. The summed E-state index contributed by atoms with van der Waals surface area (Å²) < 4.78 is 0. The second-order valence-corrected chi connectivity index (χ2v) is 6.74. The number of thiophene rings is 1. The van der Waals surface area contributed by atoms with Crippen molar-refractivity contribution in [2.24, 2.45) is 0 Å². The Bertz CT molecular complexity index is 749. The molecule has 7 heteroatoms. The highest BCUT2D eigenvalue weighted by atomic mass is 32.1. The van der Waals surface area contributed by atoms with Crippen LogP contribution in [0.5, 0.6) is 0 Å². The molecule has 0 amide bonds. The van der Waals surface area contributed by atoms with Crippen LogP contribution in [0.2, 0.25) is 0 Å². The first-order chi connectivity index (χ1) is 10.2. The van der Waals surface area contributed by atoms with Crippen molar-refractivity contribution < 1.29 is 0 Å². The molecule has 0 aromatic carbocycles. The van der Waals surface area contributed by atoms with E-state index in [4.69, 9.17) is 0 Å². The second kappa shape index (κ2) is 6.05. The van der Waals surface area contributed by atoms with Gasteiger partial charge in [0.1, 0.15) is 16.5 Å². The summed E-state index contributed by atoms with van der Waals surface area (Å²) >= 11 is 3.34. The van der Waals surface area contributed by atoms with Crippen LogP contribution in [-0.4, -0.2) is 33.9 Å². The van der Waals surface area contributed by atoms with E-state index in [-0.39, 0.29) is 0 Å². The lowest BCUT2D eigenvalue weighted by atomic mass is 10.3. The molecule has 110 valence electrons. The van der Waals surface area contributed by atoms with Gasteiger partial charge in [-0.05, 0) is 25.4 Å². The third-order valence-corrected chi connectivity index (χ3v) is 5.00. The van der Waals surface area contributed by atoms with E-state index in [1.54, 1.807) is 22.7 Å². The molecule has 21 heavy (non-hydrogen) atoms. The van der Waals surface area contributed by atoms with Crippen molar-refractivity contribution in [2.75, 3.05) is 19.4 Å². The molecule has 0 atom stereocenters. The van der Waals surface area contributed by atoms with Gasteiger partial charge in [0, 0.05) is 18.5 Å². The first-order valence-electron chi connectivity index (χ1n) is 6.66. The number of rotatable bonds is 5. The van der Waals surface area contributed by atoms with Crippen LogP contribution in [0.3, 0.4) is 0 Å². The van der Waals surface area contributed by atoms with Crippen molar-refractivity contribution in [3.05, 3.63) is 33.4 Å². The largest absolute Gasteiger partial charge is 0.372 e. The van der Waals surface area contributed by atoms with Crippen molar-refractivity contribution in [2.45, 2.75) is 20.0 Å². The van der Waals surface area contributed by atoms with Crippen molar-refractivity contribution in [1.82, 2.24) is 19.9 Å². The maximum absolute atomic E-state index is 4.65. The lowest BCUT2D eigenvalue weighted by Gasteiger charge is -2.15. The van der Waals surface area contributed by atoms with Crippen LogP contribution in [0, 0.1) is 6.92 Å². The number of hydrogen-bond acceptors (Lipinski definition) is 7. The Morgan fingerprint density at radius 1 is 1.24 bits per heavy atom. The molecule has 0 aliphatic rings. The van der Waals surface area contributed by atoms with E-state index in [0.717, 1.165) is 40.6 Å². The number of nitrogens with zero attached hydrogens (tertiary/aromatic N) is 4. The third-order valence-electron chi connectivity index (χ3n) is 3.28. The molecule has 5 nitrogen and oxygen atoms in total. The number of aromatic nitrogens is 3. The van der Waals surface area contributed by atoms with Gasteiger partial charge in [0.05, 0.1) is 23.1 Å². The number of anilines is 1. The van der Waals surface area contributed by atoms with Gasteiger partial charge in [-0.2, -0.15) is 0 Å². The summed E-state index contributed by atoms with van der Waals surface area (Å²) in [5.74, 6) is 1.75. The highest BCUT2D eigenvalue weighted by Crippen LogP contribution is 2.25. The van der Waals surface area contributed by atoms with E-state index >= 15 is 0 Å². The Hall–Kier alpha value is -1.57. The summed E-state index contributed by atoms with van der Waals surface area (Å²) in [7, 11) is 3.98. The molecule has 0 saturated heterocycles. The highest BCUT2D eigenvalue weighted by molar-refractivity contribution is 7.16. The van der Waals surface area contributed by atoms with E-state index in [1.165, 1.54) is 4.88 Å². The minimum absolute atomic E-state index is 0.722. The number of nitrogens with one attached hydrogen (secondary N) is 1. The molecule has 0 saturated carbocycles. The summed E-state index contributed by atoms with van der Waals surface area (Å²) in [6.07, 6.45) is 0. The molecule has 0 fully saturated rings. The fourth-order valence-corrected chi connectivity index (χ4v) is 3.82. The van der Waals surface area contributed by atoms with Gasteiger partial charge in [0.25, 0.3) is 0 Å². The normalized spacial score (nSPS) is 11.4. The van der Waals surface area contributed by atoms with Crippen LogP contribution >= 0.6 is 22.7 Å². The van der Waals surface area contributed by atoms with E-state index in [2.05, 4.69) is 38.3 Å². The van der Waals surface area contributed by atoms with Crippen molar-refractivity contribution >= 4 is 38.7 Å². The number of fused-ring (bicyclic) bond motifs is 1. The molecule has 3 rings (SSSR count). The van der Waals surface area contributed by atoms with Crippen molar-refractivity contribution in [1.29, 1.82) is 0 Å². The van der Waals surface area contributed by atoms with Crippen LogP contribution < -0.4 is 5.32 Å². The zero-order chi connectivity index (χ0) is 14.8. The summed E-state index contributed by atoms with van der Waals surface area (Å²) in [5.41, 5.74) is 3.00. The molecule has 3 heterocycles. The van der Waals surface area contributed by atoms with Crippen LogP contribution in [0.25, 0.3) is 10.2 Å². The maximum atomic E-state index is 4.65. The van der Waals surface area contributed by atoms with E-state index < -0.39 is 0 Å². The fourth-order valence-electron chi connectivity index (χ4n) is 2.18. The molecule has 0 unspecified atom stereocenters. The fraction of sp³-hybridized carbons (Fsp3) is 0.357. The summed E-state index contributed by atoms with van der Waals surface area (Å²) in [6.45, 7) is 3.64. The smallest absolute Gasteiger partial charge is 0.146 e. The lowest BCUT2D eigenvalue weighted by Crippen LogP contribution is -2.19. The Balaban J connectivity index is 1.79. The van der Waals surface area contributed by atoms with E-state index in [9.17, 15) is 0 Å². The maximum Gasteiger partial charge on any atom is 0.146 e. The number of hydrogen-bond donors (Lipinski definition) is 1. The minimum atomic E-state index is 0.722. The third kappa shape index (κ3) is 3.04. The van der Waals surface area contributed by atoms with Crippen LogP contribution in [0.4, 0.5) is 5.82 Å². The lowest BCUT2D eigenvalue weighted by molar-refractivity contribution is 0.313. The molecule has 0 aliphatic carbocycles. The molecular weight excluding hydrogens is 302 g/mol. The van der Waals surface area contributed by atoms with Gasteiger partial charge >= 0.3 is 0 Å². The van der Waals surface area contributed by atoms with Gasteiger partial charge < -0.3 is 5.32 Å². The summed E-state index contributed by atoms with van der Waals surface area (Å²) in [5, 5.41) is 6.29. The molecule has 3 aromatic rings. The monoisotopic (exact) mass is 319 g/mol. The first kappa shape index (κ1) is 14.4. The van der Waals surface area contributed by atoms with E-state index in [1.807, 2.05) is 24.9 Å². The predicted molar refractivity (Wildman–Crippen MR) is 89.0 cm³/mol. The van der Waals surface area contributed by atoms with Gasteiger partial charge in [0.15, 0.2) is 0 Å². The summed E-state index contributed by atoms with van der Waals surface area (Å²) in [6, 6.07) is 2.06. The molecule has 3 aromatic heterocycles. The molecular formula is C14H17N5S2. The van der Waals surface area contributed by atoms with Crippen molar-refractivity contribution in [3.8, 4) is 0 Å². The molecule has 0 spiro atoms. The van der Waals surface area contributed by atoms with Crippen molar-refractivity contribution in [3.63, 3.8) is 0 Å². The second-order valence-electron chi connectivity index (χ2n) is 4.91. The highest BCUT2D eigenvalue weighted by Gasteiger charge is 2.11. The Labute approximate surface area is 131 Å². The quantitative estimate of drug-likeness (QED) is 0.783. The van der Waals surface area contributed by atoms with Crippen LogP contribution in [0.15, 0.2) is 17.0 Å². The van der Waals surface area contributed by atoms with Gasteiger partial charge in [-0.15, -0.1) is 22.7 Å². The van der Waals surface area contributed by atoms with Crippen LogP contribution in [0.1, 0.15) is 16.4 Å². The first-order valence-corrected chi connectivity index (χ1v) is 8.42. The van der Waals surface area contributed by atoms with E-state index in [0.29, 0.717) is 0 Å². The SMILES string of the molecule is CNc1nc(CN(C)Cc2scnc2C)nc2sccc12. The average molecular weight is 319 g/mol. The molecule has 0 bridgehead atoms. The van der Waals surface area contributed by atoms with Gasteiger partial charge in [0.2, 0.25) is 0 Å².